The number of pyridine rings is 1. The van der Waals surface area contributed by atoms with Gasteiger partial charge in [-0.05, 0) is 28.2 Å². The number of carbonyl (C=O) groups is 1. The third kappa shape index (κ3) is 3.08. The molecular weight excluding hydrogens is 319 g/mol. The minimum Gasteiger partial charge on any atom is -0.469 e. The zero-order valence-corrected chi connectivity index (χ0v) is 9.99. The lowest BCUT2D eigenvalue weighted by atomic mass is 10.1. The van der Waals surface area contributed by atoms with Crippen LogP contribution in [0.25, 0.3) is 0 Å². The predicted molar refractivity (Wildman–Crippen MR) is 57.6 cm³/mol. The Morgan fingerprint density at radius 3 is 2.80 bits per heavy atom. The summed E-state index contributed by atoms with van der Waals surface area (Å²) in [7, 11) is 1.22. The molecule has 15 heavy (non-hydrogen) atoms. The van der Waals surface area contributed by atoms with E-state index < -0.39 is 12.4 Å². The van der Waals surface area contributed by atoms with Gasteiger partial charge in [0.2, 0.25) is 0 Å². The molecule has 0 aliphatic rings. The van der Waals surface area contributed by atoms with Gasteiger partial charge in [-0.3, -0.25) is 9.78 Å². The van der Waals surface area contributed by atoms with Crippen LogP contribution in [0.2, 0.25) is 0 Å². The average molecular weight is 327 g/mol. The van der Waals surface area contributed by atoms with Gasteiger partial charge in [0, 0.05) is 21.5 Å². The van der Waals surface area contributed by atoms with Crippen molar-refractivity contribution in [2.45, 2.75) is 12.8 Å². The molecule has 3 nitrogen and oxygen atoms in total. The number of ether oxygens (including phenoxy) is 1. The largest absolute Gasteiger partial charge is 0.469 e. The highest BCUT2D eigenvalue weighted by molar-refractivity contribution is 14.1. The van der Waals surface area contributed by atoms with E-state index in [4.69, 9.17) is 0 Å². The molecular formula is C9H8F2INO2. The van der Waals surface area contributed by atoms with E-state index in [9.17, 15) is 13.6 Å². The Labute approximate surface area is 99.0 Å². The van der Waals surface area contributed by atoms with Crippen LogP contribution in [0.3, 0.4) is 0 Å². The minimum absolute atomic E-state index is 0.156. The van der Waals surface area contributed by atoms with E-state index in [1.807, 2.05) is 22.6 Å². The second-order valence-corrected chi connectivity index (χ2v) is 3.90. The van der Waals surface area contributed by atoms with Crippen molar-refractivity contribution in [3.05, 3.63) is 27.1 Å². The molecule has 0 bridgehead atoms. The molecule has 0 amide bonds. The molecule has 0 aliphatic heterocycles. The number of methoxy groups -OCH3 is 1. The quantitative estimate of drug-likeness (QED) is 0.632. The number of aromatic nitrogens is 1. The second kappa shape index (κ2) is 5.34. The number of rotatable bonds is 3. The van der Waals surface area contributed by atoms with Crippen molar-refractivity contribution in [2.24, 2.45) is 0 Å². The average Bonchev–Trinajstić information content (AvgIpc) is 2.20. The van der Waals surface area contributed by atoms with E-state index in [0.717, 1.165) is 6.20 Å². The Balaban J connectivity index is 3.07. The van der Waals surface area contributed by atoms with E-state index in [0.29, 0.717) is 3.57 Å². The second-order valence-electron chi connectivity index (χ2n) is 2.74. The fourth-order valence-corrected chi connectivity index (χ4v) is 1.73. The third-order valence-corrected chi connectivity index (χ3v) is 2.75. The van der Waals surface area contributed by atoms with Crippen LogP contribution in [0.5, 0.6) is 0 Å². The minimum atomic E-state index is -2.63. The summed E-state index contributed by atoms with van der Waals surface area (Å²) in [4.78, 5) is 14.7. The van der Waals surface area contributed by atoms with Gasteiger partial charge < -0.3 is 4.74 Å². The molecule has 0 aromatic carbocycles. The molecule has 1 aromatic heterocycles. The van der Waals surface area contributed by atoms with Crippen LogP contribution in [0, 0.1) is 3.57 Å². The Bertz CT molecular complexity index is 371. The zero-order valence-electron chi connectivity index (χ0n) is 7.84. The fourth-order valence-electron chi connectivity index (χ4n) is 1.07. The van der Waals surface area contributed by atoms with Gasteiger partial charge in [0.05, 0.1) is 13.5 Å². The molecule has 0 aliphatic carbocycles. The van der Waals surface area contributed by atoms with Gasteiger partial charge in [-0.2, -0.15) is 0 Å². The maximum absolute atomic E-state index is 12.6. The van der Waals surface area contributed by atoms with Crippen molar-refractivity contribution >= 4 is 28.6 Å². The number of hydrogen-bond acceptors (Lipinski definition) is 3. The summed E-state index contributed by atoms with van der Waals surface area (Å²) in [5.74, 6) is -0.541. The van der Waals surface area contributed by atoms with Gasteiger partial charge in [-0.1, -0.05) is 0 Å². The molecule has 1 rings (SSSR count). The molecule has 6 heteroatoms. The molecule has 0 saturated carbocycles. The summed E-state index contributed by atoms with van der Waals surface area (Å²) in [5.41, 5.74) is 0.0692. The highest BCUT2D eigenvalue weighted by Gasteiger charge is 2.18. The first kappa shape index (κ1) is 12.3. The number of alkyl halides is 2. The van der Waals surface area contributed by atoms with Gasteiger partial charge in [0.15, 0.2) is 0 Å². The van der Waals surface area contributed by atoms with Crippen molar-refractivity contribution in [1.29, 1.82) is 0 Å². The SMILES string of the molecule is COC(=O)Cc1c(I)cncc1C(F)F. The Kier molecular flexibility index (Phi) is 4.37. The van der Waals surface area contributed by atoms with Crippen molar-refractivity contribution in [1.82, 2.24) is 4.98 Å². The lowest BCUT2D eigenvalue weighted by molar-refractivity contribution is -0.139. The van der Waals surface area contributed by atoms with E-state index in [2.05, 4.69) is 9.72 Å². The van der Waals surface area contributed by atoms with Crippen LogP contribution in [0.1, 0.15) is 17.6 Å². The zero-order chi connectivity index (χ0) is 11.4. The standard InChI is InChI=1S/C9H8F2INO2/c1-15-8(14)2-5-6(9(10)11)3-13-4-7(5)12/h3-4,9H,2H2,1H3. The number of esters is 1. The number of carbonyl (C=O) groups excluding carboxylic acids is 1. The smallest absolute Gasteiger partial charge is 0.310 e. The van der Waals surface area contributed by atoms with Gasteiger partial charge in [-0.25, -0.2) is 8.78 Å². The van der Waals surface area contributed by atoms with Crippen molar-refractivity contribution < 1.29 is 18.3 Å². The van der Waals surface area contributed by atoms with Crippen LogP contribution in [-0.2, 0) is 16.0 Å². The monoisotopic (exact) mass is 327 g/mol. The number of nitrogens with zero attached hydrogens (tertiary/aromatic N) is 1. The van der Waals surface area contributed by atoms with Crippen molar-refractivity contribution in [2.75, 3.05) is 7.11 Å². The van der Waals surface area contributed by atoms with Crippen LogP contribution in [0.15, 0.2) is 12.4 Å². The fraction of sp³-hybridized carbons (Fsp3) is 0.333. The summed E-state index contributed by atoms with van der Waals surface area (Å²) in [6.07, 6.45) is -0.279. The molecule has 0 radical (unpaired) electrons. The summed E-state index contributed by atoms with van der Waals surface area (Å²) < 4.78 is 30.1. The van der Waals surface area contributed by atoms with Crippen molar-refractivity contribution in [3.8, 4) is 0 Å². The lowest BCUT2D eigenvalue weighted by Gasteiger charge is -2.08. The van der Waals surface area contributed by atoms with Crippen molar-refractivity contribution in [3.63, 3.8) is 0 Å². The first-order valence-corrected chi connectivity index (χ1v) is 5.11. The van der Waals surface area contributed by atoms with Gasteiger partial charge in [0.25, 0.3) is 6.43 Å². The molecule has 0 atom stereocenters. The highest BCUT2D eigenvalue weighted by Crippen LogP contribution is 2.25. The van der Waals surface area contributed by atoms with Crippen LogP contribution in [0.4, 0.5) is 8.78 Å². The summed E-state index contributed by atoms with van der Waals surface area (Å²) >= 11 is 1.87. The van der Waals surface area contributed by atoms with Gasteiger partial charge in [-0.15, -0.1) is 0 Å². The molecule has 0 N–H and O–H groups in total. The summed E-state index contributed by atoms with van der Waals surface area (Å²) in [6, 6.07) is 0. The third-order valence-electron chi connectivity index (χ3n) is 1.82. The van der Waals surface area contributed by atoms with Crippen LogP contribution in [-0.4, -0.2) is 18.1 Å². The maximum Gasteiger partial charge on any atom is 0.310 e. The first-order chi connectivity index (χ1) is 7.06. The molecule has 0 fully saturated rings. The predicted octanol–water partition coefficient (Wildman–Crippen LogP) is 2.34. The first-order valence-electron chi connectivity index (χ1n) is 4.03. The number of halogens is 3. The van der Waals surface area contributed by atoms with Crippen LogP contribution >= 0.6 is 22.6 Å². The van der Waals surface area contributed by atoms with Crippen LogP contribution < -0.4 is 0 Å². The summed E-state index contributed by atoms with van der Waals surface area (Å²) in [5, 5.41) is 0. The Morgan fingerprint density at radius 1 is 1.60 bits per heavy atom. The van der Waals surface area contributed by atoms with E-state index >= 15 is 0 Å². The highest BCUT2D eigenvalue weighted by atomic mass is 127. The topological polar surface area (TPSA) is 39.2 Å². The Morgan fingerprint density at radius 2 is 2.27 bits per heavy atom. The molecule has 1 heterocycles. The molecule has 1 aromatic rings. The maximum atomic E-state index is 12.6. The van der Waals surface area contributed by atoms with E-state index in [1.165, 1.54) is 13.3 Å². The van der Waals surface area contributed by atoms with Gasteiger partial charge >= 0.3 is 5.97 Å². The normalized spacial score (nSPS) is 10.5. The molecule has 0 spiro atoms. The molecule has 82 valence electrons. The summed E-state index contributed by atoms with van der Waals surface area (Å²) in [6.45, 7) is 0. The molecule has 0 saturated heterocycles. The lowest BCUT2D eigenvalue weighted by Crippen LogP contribution is -2.09. The molecule has 0 unspecified atom stereocenters. The van der Waals surface area contributed by atoms with E-state index in [1.54, 1.807) is 0 Å². The Hall–Kier alpha value is -0.790. The van der Waals surface area contributed by atoms with Gasteiger partial charge in [0.1, 0.15) is 0 Å². The van der Waals surface area contributed by atoms with E-state index in [-0.39, 0.29) is 17.5 Å². The number of hydrogen-bond donors (Lipinski definition) is 0.